The van der Waals surface area contributed by atoms with Crippen LogP contribution in [0.5, 0.6) is 0 Å². The van der Waals surface area contributed by atoms with E-state index in [0.29, 0.717) is 5.56 Å². The van der Waals surface area contributed by atoms with Crippen molar-refractivity contribution in [2.24, 2.45) is 0 Å². The molecule has 0 radical (unpaired) electrons. The largest absolute Gasteiger partial charge is 0.481 e. The minimum atomic E-state index is -0.905. The summed E-state index contributed by atoms with van der Waals surface area (Å²) in [6.45, 7) is 1.95. The van der Waals surface area contributed by atoms with E-state index in [9.17, 15) is 9.59 Å². The van der Waals surface area contributed by atoms with Crippen molar-refractivity contribution >= 4 is 5.97 Å². The van der Waals surface area contributed by atoms with Crippen molar-refractivity contribution in [2.45, 2.75) is 19.8 Å². The molecule has 1 heterocycles. The van der Waals surface area contributed by atoms with Crippen LogP contribution in [-0.4, -0.2) is 20.9 Å². The molecule has 5 nitrogen and oxygen atoms in total. The van der Waals surface area contributed by atoms with Gasteiger partial charge < -0.3 is 5.11 Å². The number of benzene rings is 1. The predicted octanol–water partition coefficient (Wildman–Crippen LogP) is 1.49. The third-order valence-corrected chi connectivity index (χ3v) is 2.71. The summed E-state index contributed by atoms with van der Waals surface area (Å²) in [4.78, 5) is 22.5. The van der Waals surface area contributed by atoms with Crippen molar-refractivity contribution in [2.75, 3.05) is 0 Å². The fourth-order valence-electron chi connectivity index (χ4n) is 1.79. The van der Waals surface area contributed by atoms with Gasteiger partial charge in [0.25, 0.3) is 5.56 Å². The fourth-order valence-corrected chi connectivity index (χ4v) is 1.79. The molecule has 0 unspecified atom stereocenters. The third kappa shape index (κ3) is 2.51. The molecule has 0 atom stereocenters. The Balaban J connectivity index is 2.31. The molecule has 0 saturated carbocycles. The van der Waals surface area contributed by atoms with Crippen LogP contribution in [0.15, 0.2) is 35.3 Å². The molecule has 0 spiro atoms. The number of hydrogen-bond donors (Lipinski definition) is 2. The lowest BCUT2D eigenvalue weighted by Gasteiger charge is -2.01. The summed E-state index contributed by atoms with van der Waals surface area (Å²) in [6.07, 6.45) is 1.76. The average Bonchev–Trinajstić information content (AvgIpc) is 2.68. The second-order valence-electron chi connectivity index (χ2n) is 4.17. The fraction of sp³-hybridized carbons (Fsp3) is 0.231. The molecule has 2 aromatic rings. The molecule has 94 valence electrons. The molecule has 1 aromatic carbocycles. The van der Waals surface area contributed by atoms with Crippen molar-refractivity contribution < 1.29 is 9.90 Å². The van der Waals surface area contributed by atoms with Gasteiger partial charge in [-0.2, -0.15) is 0 Å². The smallest absolute Gasteiger partial charge is 0.303 e. The number of nitrogens with one attached hydrogen (secondary N) is 1. The Labute approximate surface area is 104 Å². The minimum Gasteiger partial charge on any atom is -0.481 e. The maximum absolute atomic E-state index is 12.0. The molecule has 2 rings (SSSR count). The van der Waals surface area contributed by atoms with Gasteiger partial charge in [0, 0.05) is 18.2 Å². The van der Waals surface area contributed by atoms with Gasteiger partial charge in [-0.25, -0.2) is 4.68 Å². The van der Waals surface area contributed by atoms with Crippen molar-refractivity contribution in [1.82, 2.24) is 9.78 Å². The van der Waals surface area contributed by atoms with Crippen LogP contribution in [0.25, 0.3) is 5.69 Å². The number of hydrogen-bond acceptors (Lipinski definition) is 2. The number of carboxylic acids is 1. The summed E-state index contributed by atoms with van der Waals surface area (Å²) in [7, 11) is 0. The number of carboxylic acid groups (broad SMARTS) is 1. The Morgan fingerprint density at radius 1 is 1.44 bits per heavy atom. The zero-order chi connectivity index (χ0) is 13.1. The molecular formula is C13H14N2O3. The minimum absolute atomic E-state index is 0.0408. The average molecular weight is 246 g/mol. The van der Waals surface area contributed by atoms with E-state index >= 15 is 0 Å². The number of rotatable bonds is 4. The molecule has 18 heavy (non-hydrogen) atoms. The SMILES string of the molecule is Cc1cccc(-n2[nH]cc(CCC(=O)O)c2=O)c1. The highest BCUT2D eigenvalue weighted by atomic mass is 16.4. The molecule has 2 N–H and O–H groups in total. The number of aliphatic carboxylic acids is 1. The highest BCUT2D eigenvalue weighted by Gasteiger charge is 2.09. The first kappa shape index (κ1) is 12.2. The van der Waals surface area contributed by atoms with E-state index in [0.717, 1.165) is 11.3 Å². The molecule has 1 aromatic heterocycles. The second-order valence-corrected chi connectivity index (χ2v) is 4.17. The standard InChI is InChI=1S/C13H14N2O3/c1-9-3-2-4-11(7-9)15-13(18)10(8-14-15)5-6-12(16)17/h2-4,7-8,14H,5-6H2,1H3,(H,16,17). The molecule has 0 aliphatic carbocycles. The van der Waals surface area contributed by atoms with Crippen LogP contribution in [0, 0.1) is 6.92 Å². The summed E-state index contributed by atoms with van der Waals surface area (Å²) >= 11 is 0. The van der Waals surface area contributed by atoms with E-state index in [4.69, 9.17) is 5.11 Å². The number of nitrogens with zero attached hydrogens (tertiary/aromatic N) is 1. The summed E-state index contributed by atoms with van der Waals surface area (Å²) in [5.74, 6) is -0.905. The van der Waals surface area contributed by atoms with Crippen LogP contribution in [0.1, 0.15) is 17.5 Å². The lowest BCUT2D eigenvalue weighted by molar-refractivity contribution is -0.136. The van der Waals surface area contributed by atoms with E-state index in [1.54, 1.807) is 6.20 Å². The summed E-state index contributed by atoms with van der Waals surface area (Å²) < 4.78 is 1.42. The van der Waals surface area contributed by atoms with E-state index in [1.165, 1.54) is 4.68 Å². The Hall–Kier alpha value is -2.30. The van der Waals surface area contributed by atoms with E-state index < -0.39 is 5.97 Å². The zero-order valence-electron chi connectivity index (χ0n) is 10.0. The number of H-pyrrole nitrogens is 1. The highest BCUT2D eigenvalue weighted by Crippen LogP contribution is 2.07. The number of carbonyl (C=O) groups is 1. The van der Waals surface area contributed by atoms with Crippen molar-refractivity contribution in [3.8, 4) is 5.69 Å². The van der Waals surface area contributed by atoms with Crippen LogP contribution < -0.4 is 5.56 Å². The van der Waals surface area contributed by atoms with Crippen LogP contribution >= 0.6 is 0 Å². The van der Waals surface area contributed by atoms with E-state index in [2.05, 4.69) is 5.10 Å². The molecular weight excluding hydrogens is 232 g/mol. The maximum atomic E-state index is 12.0. The first-order valence-electron chi connectivity index (χ1n) is 5.66. The number of aryl methyl sites for hydroxylation is 2. The van der Waals surface area contributed by atoms with Gasteiger partial charge in [0.1, 0.15) is 0 Å². The molecule has 0 saturated heterocycles. The van der Waals surface area contributed by atoms with Crippen molar-refractivity contribution in [3.05, 3.63) is 51.9 Å². The molecule has 0 amide bonds. The van der Waals surface area contributed by atoms with Crippen molar-refractivity contribution in [3.63, 3.8) is 0 Å². The van der Waals surface area contributed by atoms with E-state index in [-0.39, 0.29) is 18.4 Å². The molecule has 0 fully saturated rings. The Kier molecular flexibility index (Phi) is 3.32. The Morgan fingerprint density at radius 3 is 2.89 bits per heavy atom. The predicted molar refractivity (Wildman–Crippen MR) is 67.1 cm³/mol. The quantitative estimate of drug-likeness (QED) is 0.858. The molecule has 0 aliphatic rings. The third-order valence-electron chi connectivity index (χ3n) is 2.71. The summed E-state index contributed by atoms with van der Waals surface area (Å²) in [6, 6.07) is 7.53. The Bertz CT molecular complexity index is 625. The van der Waals surface area contributed by atoms with Gasteiger partial charge in [-0.05, 0) is 31.0 Å². The normalized spacial score (nSPS) is 10.5. The molecule has 0 bridgehead atoms. The van der Waals surface area contributed by atoms with Crippen LogP contribution in [0.2, 0.25) is 0 Å². The van der Waals surface area contributed by atoms with Gasteiger partial charge in [0.05, 0.1) is 5.69 Å². The van der Waals surface area contributed by atoms with E-state index in [1.807, 2.05) is 31.2 Å². The van der Waals surface area contributed by atoms with Crippen molar-refractivity contribution in [1.29, 1.82) is 0 Å². The summed E-state index contributed by atoms with van der Waals surface area (Å²) in [5.41, 5.74) is 2.10. The zero-order valence-corrected chi connectivity index (χ0v) is 10.0. The molecule has 5 heteroatoms. The van der Waals surface area contributed by atoms with Gasteiger partial charge in [-0.3, -0.25) is 14.7 Å². The Morgan fingerprint density at radius 2 is 2.22 bits per heavy atom. The maximum Gasteiger partial charge on any atom is 0.303 e. The van der Waals surface area contributed by atoms with Crippen LogP contribution in [-0.2, 0) is 11.2 Å². The summed E-state index contributed by atoms with van der Waals surface area (Å²) in [5, 5.41) is 11.5. The molecule has 0 aliphatic heterocycles. The van der Waals surface area contributed by atoms with Crippen LogP contribution in [0.3, 0.4) is 0 Å². The number of aromatic amines is 1. The van der Waals surface area contributed by atoms with Gasteiger partial charge in [0.2, 0.25) is 0 Å². The lowest BCUT2D eigenvalue weighted by atomic mass is 10.2. The van der Waals surface area contributed by atoms with Gasteiger partial charge in [-0.1, -0.05) is 12.1 Å². The van der Waals surface area contributed by atoms with Gasteiger partial charge >= 0.3 is 5.97 Å². The monoisotopic (exact) mass is 246 g/mol. The van der Waals surface area contributed by atoms with Crippen LogP contribution in [0.4, 0.5) is 0 Å². The number of aromatic nitrogens is 2. The first-order chi connectivity index (χ1) is 8.58. The second kappa shape index (κ2) is 4.91. The van der Waals surface area contributed by atoms with Gasteiger partial charge in [0.15, 0.2) is 0 Å². The first-order valence-corrected chi connectivity index (χ1v) is 5.66. The highest BCUT2D eigenvalue weighted by molar-refractivity contribution is 5.67. The topological polar surface area (TPSA) is 75.1 Å². The lowest BCUT2D eigenvalue weighted by Crippen LogP contribution is -2.18. The van der Waals surface area contributed by atoms with Gasteiger partial charge in [-0.15, -0.1) is 0 Å².